The molecule has 1 aliphatic carbocycles. The second kappa shape index (κ2) is 9.86. The van der Waals surface area contributed by atoms with Gasteiger partial charge in [-0.05, 0) is 30.2 Å². The first kappa shape index (κ1) is 19.0. The summed E-state index contributed by atoms with van der Waals surface area (Å²) in [5.41, 5.74) is 1.18. The van der Waals surface area contributed by atoms with E-state index in [4.69, 9.17) is 0 Å². The van der Waals surface area contributed by atoms with Gasteiger partial charge in [0.25, 0.3) is 0 Å². The van der Waals surface area contributed by atoms with Crippen LogP contribution in [-0.2, 0) is 0 Å². The predicted octanol–water partition coefficient (Wildman–Crippen LogP) is 7.79. The molecule has 0 aromatic carbocycles. The minimum absolute atomic E-state index is 0.895. The molecule has 2 aliphatic rings. The zero-order chi connectivity index (χ0) is 15.8. The van der Waals surface area contributed by atoms with Gasteiger partial charge in [-0.2, -0.15) is 0 Å². The number of halogens is 1. The third kappa shape index (κ3) is 5.65. The Morgan fingerprint density at radius 1 is 0.818 bits per heavy atom. The van der Waals surface area contributed by atoms with Crippen LogP contribution in [0.3, 0.4) is 0 Å². The van der Waals surface area contributed by atoms with E-state index in [1.807, 2.05) is 0 Å². The zero-order valence-corrected chi connectivity index (χ0v) is 17.8. The molecule has 2 fully saturated rings. The molecular formula is C20H39BrSi. The van der Waals surface area contributed by atoms with E-state index in [9.17, 15) is 0 Å². The lowest BCUT2D eigenvalue weighted by Crippen LogP contribution is -2.41. The quantitative estimate of drug-likeness (QED) is 0.226. The van der Waals surface area contributed by atoms with Gasteiger partial charge in [-0.1, -0.05) is 106 Å². The molecule has 2 heteroatoms. The fourth-order valence-corrected chi connectivity index (χ4v) is 10.5. The van der Waals surface area contributed by atoms with Gasteiger partial charge in [0.1, 0.15) is 0 Å². The van der Waals surface area contributed by atoms with Crippen LogP contribution in [0.25, 0.3) is 0 Å². The molecule has 22 heavy (non-hydrogen) atoms. The number of hydrogen-bond acceptors (Lipinski definition) is 0. The lowest BCUT2D eigenvalue weighted by Gasteiger charge is -2.44. The number of alkyl halides is 1. The van der Waals surface area contributed by atoms with Crippen molar-refractivity contribution in [1.82, 2.24) is 0 Å². The van der Waals surface area contributed by atoms with Crippen LogP contribution in [0.2, 0.25) is 24.2 Å². The molecule has 1 saturated heterocycles. The van der Waals surface area contributed by atoms with Gasteiger partial charge in [-0.15, -0.1) is 0 Å². The van der Waals surface area contributed by atoms with E-state index in [1.165, 1.54) is 49.4 Å². The lowest BCUT2D eigenvalue weighted by atomic mass is 9.86. The Morgan fingerprint density at radius 3 is 2.00 bits per heavy atom. The Kier molecular flexibility index (Phi) is 8.53. The molecule has 0 aromatic rings. The Balaban J connectivity index is 1.70. The molecule has 0 radical (unpaired) electrons. The normalized spacial score (nSPS) is 36.4. The highest BCUT2D eigenvalue weighted by Gasteiger charge is 2.40. The summed E-state index contributed by atoms with van der Waals surface area (Å²) in [5, 5.41) is 1.21. The van der Waals surface area contributed by atoms with Gasteiger partial charge >= 0.3 is 0 Å². The van der Waals surface area contributed by atoms with E-state index < -0.39 is 8.07 Å². The highest BCUT2D eigenvalue weighted by Crippen LogP contribution is 2.48. The summed E-state index contributed by atoms with van der Waals surface area (Å²) in [6.07, 6.45) is 18.2. The van der Waals surface area contributed by atoms with Crippen molar-refractivity contribution < 1.29 is 0 Å². The Morgan fingerprint density at radius 2 is 1.41 bits per heavy atom. The first-order valence-electron chi connectivity index (χ1n) is 10.2. The van der Waals surface area contributed by atoms with E-state index in [0.717, 1.165) is 11.8 Å². The molecule has 0 N–H and O–H groups in total. The molecule has 130 valence electrons. The van der Waals surface area contributed by atoms with E-state index in [0.29, 0.717) is 0 Å². The smallest absolute Gasteiger partial charge is 0.0536 e. The van der Waals surface area contributed by atoms with Crippen LogP contribution in [0, 0.1) is 11.8 Å². The minimum atomic E-state index is -0.895. The molecule has 2 rings (SSSR count). The minimum Gasteiger partial charge on any atom is -0.0928 e. The Labute approximate surface area is 149 Å². The first-order chi connectivity index (χ1) is 10.7. The summed E-state index contributed by atoms with van der Waals surface area (Å²) in [4.78, 5) is 0. The third-order valence-electron chi connectivity index (χ3n) is 7.04. The summed E-state index contributed by atoms with van der Waals surface area (Å²) in [6.45, 7) is 5.11. The van der Waals surface area contributed by atoms with E-state index >= 15 is 0 Å². The fraction of sp³-hybridized carbons (Fsp3) is 1.00. The maximum absolute atomic E-state index is 3.59. The van der Waals surface area contributed by atoms with E-state index in [1.54, 1.807) is 50.6 Å². The van der Waals surface area contributed by atoms with E-state index in [-0.39, 0.29) is 0 Å². The first-order valence-corrected chi connectivity index (χ1v) is 14.3. The molecule has 0 aromatic heterocycles. The zero-order valence-electron chi connectivity index (χ0n) is 15.2. The summed E-state index contributed by atoms with van der Waals surface area (Å²) in [6, 6.07) is 3.33. The van der Waals surface area contributed by atoms with Crippen LogP contribution in [0.15, 0.2) is 0 Å². The van der Waals surface area contributed by atoms with Gasteiger partial charge in [0.05, 0.1) is 8.07 Å². The predicted molar refractivity (Wildman–Crippen MR) is 107 cm³/mol. The van der Waals surface area contributed by atoms with Crippen molar-refractivity contribution in [1.29, 1.82) is 0 Å². The standard InChI is InChI=1S/C20H39BrSi/c1-3-4-5-7-19-13-16-22(2,17-14-19)20-11-9-18(10-12-20)8-6-15-21/h18-20H,3-17H2,1-2H3. The summed E-state index contributed by atoms with van der Waals surface area (Å²) in [7, 11) is -0.895. The molecular weight excluding hydrogens is 348 g/mol. The maximum atomic E-state index is 3.59. The fourth-order valence-electron chi connectivity index (χ4n) is 5.23. The van der Waals surface area contributed by atoms with Crippen molar-refractivity contribution in [3.63, 3.8) is 0 Å². The summed E-state index contributed by atoms with van der Waals surface area (Å²) in [5.74, 6) is 2.17. The maximum Gasteiger partial charge on any atom is 0.0536 e. The molecule has 0 atom stereocenters. The van der Waals surface area contributed by atoms with Gasteiger partial charge in [-0.3, -0.25) is 0 Å². The van der Waals surface area contributed by atoms with Crippen LogP contribution in [-0.4, -0.2) is 13.4 Å². The molecule has 1 heterocycles. The van der Waals surface area contributed by atoms with Gasteiger partial charge in [0.2, 0.25) is 0 Å². The monoisotopic (exact) mass is 386 g/mol. The van der Waals surface area contributed by atoms with Crippen LogP contribution >= 0.6 is 15.9 Å². The summed E-state index contributed by atoms with van der Waals surface area (Å²) < 4.78 is 0. The Bertz CT molecular complexity index is 288. The lowest BCUT2D eigenvalue weighted by molar-refractivity contribution is 0.327. The molecule has 1 aliphatic heterocycles. The molecule has 0 unspecified atom stereocenters. The Hall–Kier alpha value is 0.697. The van der Waals surface area contributed by atoms with Gasteiger partial charge in [0.15, 0.2) is 0 Å². The molecule has 0 amide bonds. The van der Waals surface area contributed by atoms with Gasteiger partial charge in [0, 0.05) is 5.33 Å². The van der Waals surface area contributed by atoms with Crippen LogP contribution in [0.5, 0.6) is 0 Å². The summed E-state index contributed by atoms with van der Waals surface area (Å²) >= 11 is 3.59. The van der Waals surface area contributed by atoms with Crippen LogP contribution < -0.4 is 0 Å². The van der Waals surface area contributed by atoms with Gasteiger partial charge < -0.3 is 0 Å². The van der Waals surface area contributed by atoms with Crippen molar-refractivity contribution in [3.8, 4) is 0 Å². The molecule has 0 bridgehead atoms. The largest absolute Gasteiger partial charge is 0.0928 e. The van der Waals surface area contributed by atoms with Crippen molar-refractivity contribution in [3.05, 3.63) is 0 Å². The topological polar surface area (TPSA) is 0 Å². The molecule has 0 nitrogen and oxygen atoms in total. The number of unbranched alkanes of at least 4 members (excludes halogenated alkanes) is 2. The third-order valence-corrected chi connectivity index (χ3v) is 13.0. The second-order valence-electron chi connectivity index (χ2n) is 8.64. The average Bonchev–Trinajstić information content (AvgIpc) is 2.55. The van der Waals surface area contributed by atoms with Crippen molar-refractivity contribution >= 4 is 24.0 Å². The van der Waals surface area contributed by atoms with Gasteiger partial charge in [-0.25, -0.2) is 0 Å². The molecule has 0 spiro atoms. The number of rotatable bonds is 8. The second-order valence-corrected chi connectivity index (χ2v) is 14.6. The van der Waals surface area contributed by atoms with Crippen molar-refractivity contribution in [2.24, 2.45) is 11.8 Å². The number of hydrogen-bond donors (Lipinski definition) is 0. The van der Waals surface area contributed by atoms with Crippen LogP contribution in [0.1, 0.15) is 84.0 Å². The van der Waals surface area contributed by atoms with E-state index in [2.05, 4.69) is 29.4 Å². The highest BCUT2D eigenvalue weighted by atomic mass is 79.9. The van der Waals surface area contributed by atoms with Crippen LogP contribution in [0.4, 0.5) is 0 Å². The molecule has 1 saturated carbocycles. The highest BCUT2D eigenvalue weighted by molar-refractivity contribution is 9.09. The average molecular weight is 388 g/mol. The van der Waals surface area contributed by atoms with Crippen molar-refractivity contribution in [2.75, 3.05) is 5.33 Å². The SMILES string of the molecule is CCCCCC1CC[Si](C)(C2CCC(CCCBr)CC2)CC1. The van der Waals surface area contributed by atoms with Crippen molar-refractivity contribution in [2.45, 2.75) is 108 Å².